The van der Waals surface area contributed by atoms with Crippen LogP contribution in [-0.2, 0) is 11.4 Å². The van der Waals surface area contributed by atoms with Crippen molar-refractivity contribution in [1.29, 1.82) is 0 Å². The van der Waals surface area contributed by atoms with Gasteiger partial charge in [-0.25, -0.2) is 9.18 Å². The highest BCUT2D eigenvalue weighted by Gasteiger charge is 2.12. The molecule has 1 rings (SSSR count). The summed E-state index contributed by atoms with van der Waals surface area (Å²) in [6, 6.07) is 3.97. The average molecular weight is 241 g/mol. The first kappa shape index (κ1) is 13.6. The van der Waals surface area contributed by atoms with Crippen LogP contribution in [0.25, 0.3) is 0 Å². The molecule has 0 heterocycles. The maximum absolute atomic E-state index is 13.3. The Morgan fingerprint density at radius 1 is 1.47 bits per heavy atom. The topological polar surface area (TPSA) is 58.6 Å². The Bertz CT molecular complexity index is 413. The Morgan fingerprint density at radius 2 is 2.12 bits per heavy atom. The van der Waals surface area contributed by atoms with E-state index in [1.165, 1.54) is 12.1 Å². The van der Waals surface area contributed by atoms with Gasteiger partial charge in [-0.05, 0) is 38.5 Å². The summed E-state index contributed by atoms with van der Waals surface area (Å²) in [4.78, 5) is 15.9. The Labute approximate surface area is 99.4 Å². The monoisotopic (exact) mass is 241 g/mol. The van der Waals surface area contributed by atoms with Crippen molar-refractivity contribution in [2.75, 3.05) is 0 Å². The third-order valence-electron chi connectivity index (χ3n) is 1.92. The van der Waals surface area contributed by atoms with Crippen LogP contribution in [0.5, 0.6) is 0 Å². The summed E-state index contributed by atoms with van der Waals surface area (Å²) in [5.41, 5.74) is 2.66. The molecule has 0 saturated heterocycles. The first-order chi connectivity index (χ1) is 7.79. The normalized spacial score (nSPS) is 11.5. The standard InChI is InChI=1S/C12H16FNO3/c1-12(2,3)17-14-7-8-4-5-9(11(15)16)10(13)6-8/h4-6,14H,7H2,1-3H3,(H,15,16). The van der Waals surface area contributed by atoms with E-state index in [-0.39, 0.29) is 11.2 Å². The van der Waals surface area contributed by atoms with Crippen LogP contribution in [0, 0.1) is 5.82 Å². The molecule has 17 heavy (non-hydrogen) atoms. The van der Waals surface area contributed by atoms with Crippen molar-refractivity contribution >= 4 is 5.97 Å². The first-order valence-electron chi connectivity index (χ1n) is 5.22. The number of nitrogens with one attached hydrogen (secondary N) is 1. The molecule has 0 atom stereocenters. The van der Waals surface area contributed by atoms with Crippen LogP contribution in [-0.4, -0.2) is 16.7 Å². The number of benzene rings is 1. The molecule has 2 N–H and O–H groups in total. The molecule has 0 fully saturated rings. The highest BCUT2D eigenvalue weighted by molar-refractivity contribution is 5.87. The lowest BCUT2D eigenvalue weighted by Gasteiger charge is -2.19. The van der Waals surface area contributed by atoms with Gasteiger partial charge in [0.2, 0.25) is 0 Å². The quantitative estimate of drug-likeness (QED) is 0.794. The third kappa shape index (κ3) is 4.50. The number of carbonyl (C=O) groups is 1. The fourth-order valence-electron chi connectivity index (χ4n) is 1.18. The van der Waals surface area contributed by atoms with E-state index in [1.54, 1.807) is 6.07 Å². The molecule has 0 saturated carbocycles. The molecule has 94 valence electrons. The number of hydroxylamine groups is 1. The second-order valence-corrected chi connectivity index (χ2v) is 4.65. The van der Waals surface area contributed by atoms with Crippen molar-refractivity contribution in [3.8, 4) is 0 Å². The molecule has 5 heteroatoms. The highest BCUT2D eigenvalue weighted by atomic mass is 19.1. The summed E-state index contributed by atoms with van der Waals surface area (Å²) < 4.78 is 13.3. The minimum absolute atomic E-state index is 0.314. The first-order valence-corrected chi connectivity index (χ1v) is 5.22. The Hall–Kier alpha value is -1.46. The number of hydrogen-bond acceptors (Lipinski definition) is 3. The molecule has 0 amide bonds. The molecule has 0 aliphatic rings. The van der Waals surface area contributed by atoms with E-state index >= 15 is 0 Å². The molecule has 0 aliphatic heterocycles. The SMILES string of the molecule is CC(C)(C)ONCc1ccc(C(=O)O)c(F)c1. The van der Waals surface area contributed by atoms with Crippen LogP contribution in [0.2, 0.25) is 0 Å². The average Bonchev–Trinajstić information content (AvgIpc) is 2.15. The summed E-state index contributed by atoms with van der Waals surface area (Å²) in [5, 5.41) is 8.66. The van der Waals surface area contributed by atoms with Crippen LogP contribution >= 0.6 is 0 Å². The van der Waals surface area contributed by atoms with Gasteiger partial charge in [0, 0.05) is 6.54 Å². The van der Waals surface area contributed by atoms with Crippen LogP contribution in [0.1, 0.15) is 36.7 Å². The lowest BCUT2D eigenvalue weighted by atomic mass is 10.1. The molecule has 1 aromatic rings. The maximum atomic E-state index is 13.3. The number of carboxylic acid groups (broad SMARTS) is 1. The van der Waals surface area contributed by atoms with E-state index in [0.29, 0.717) is 12.1 Å². The second kappa shape index (κ2) is 5.25. The summed E-state index contributed by atoms with van der Waals surface area (Å²) in [6.07, 6.45) is 0. The molecule has 4 nitrogen and oxygen atoms in total. The highest BCUT2D eigenvalue weighted by Crippen LogP contribution is 2.11. The smallest absolute Gasteiger partial charge is 0.338 e. The van der Waals surface area contributed by atoms with Gasteiger partial charge in [-0.3, -0.25) is 4.84 Å². The van der Waals surface area contributed by atoms with E-state index in [1.807, 2.05) is 20.8 Å². The van der Waals surface area contributed by atoms with Crippen LogP contribution in [0.3, 0.4) is 0 Å². The van der Waals surface area contributed by atoms with Gasteiger partial charge in [-0.2, -0.15) is 5.48 Å². The molecule has 0 radical (unpaired) electrons. The molecule has 0 aromatic heterocycles. The fourth-order valence-corrected chi connectivity index (χ4v) is 1.18. The molecule has 1 aromatic carbocycles. The van der Waals surface area contributed by atoms with Crippen molar-refractivity contribution in [2.45, 2.75) is 32.9 Å². The van der Waals surface area contributed by atoms with Crippen molar-refractivity contribution in [2.24, 2.45) is 0 Å². The predicted octanol–water partition coefficient (Wildman–Crippen LogP) is 2.34. The summed E-state index contributed by atoms with van der Waals surface area (Å²) in [7, 11) is 0. The van der Waals surface area contributed by atoms with E-state index in [4.69, 9.17) is 9.94 Å². The molecule has 0 bridgehead atoms. The second-order valence-electron chi connectivity index (χ2n) is 4.65. The number of halogens is 1. The minimum Gasteiger partial charge on any atom is -0.478 e. The Kier molecular flexibility index (Phi) is 4.20. The number of carboxylic acids is 1. The number of hydrogen-bond donors (Lipinski definition) is 2. The van der Waals surface area contributed by atoms with E-state index < -0.39 is 11.8 Å². The van der Waals surface area contributed by atoms with Crippen molar-refractivity contribution in [3.05, 3.63) is 35.1 Å². The third-order valence-corrected chi connectivity index (χ3v) is 1.92. The van der Waals surface area contributed by atoms with E-state index in [2.05, 4.69) is 5.48 Å². The molecule has 0 unspecified atom stereocenters. The zero-order valence-corrected chi connectivity index (χ0v) is 10.1. The van der Waals surface area contributed by atoms with Gasteiger partial charge >= 0.3 is 5.97 Å². The van der Waals surface area contributed by atoms with Gasteiger partial charge < -0.3 is 5.11 Å². The van der Waals surface area contributed by atoms with Gasteiger partial charge in [0.15, 0.2) is 0 Å². The Morgan fingerprint density at radius 3 is 2.59 bits per heavy atom. The zero-order chi connectivity index (χ0) is 13.1. The van der Waals surface area contributed by atoms with E-state index in [0.717, 1.165) is 0 Å². The van der Waals surface area contributed by atoms with Gasteiger partial charge in [-0.1, -0.05) is 6.07 Å². The Balaban J connectivity index is 2.62. The van der Waals surface area contributed by atoms with Crippen molar-refractivity contribution in [1.82, 2.24) is 5.48 Å². The van der Waals surface area contributed by atoms with Gasteiger partial charge in [0.05, 0.1) is 11.2 Å². The number of aromatic carboxylic acids is 1. The summed E-state index contributed by atoms with van der Waals surface area (Å²) in [6.45, 7) is 5.96. The molecular formula is C12H16FNO3. The van der Waals surface area contributed by atoms with Gasteiger partial charge in [-0.15, -0.1) is 0 Å². The summed E-state index contributed by atoms with van der Waals surface area (Å²) >= 11 is 0. The summed E-state index contributed by atoms with van der Waals surface area (Å²) in [5.74, 6) is -2.01. The van der Waals surface area contributed by atoms with E-state index in [9.17, 15) is 9.18 Å². The largest absolute Gasteiger partial charge is 0.478 e. The van der Waals surface area contributed by atoms with Crippen LogP contribution < -0.4 is 5.48 Å². The van der Waals surface area contributed by atoms with Gasteiger partial charge in [0.1, 0.15) is 5.82 Å². The molecule has 0 aliphatic carbocycles. The lowest BCUT2D eigenvalue weighted by molar-refractivity contribution is -0.0757. The fraction of sp³-hybridized carbons (Fsp3) is 0.417. The maximum Gasteiger partial charge on any atom is 0.338 e. The van der Waals surface area contributed by atoms with Crippen LogP contribution in [0.15, 0.2) is 18.2 Å². The molecular weight excluding hydrogens is 225 g/mol. The number of rotatable bonds is 4. The van der Waals surface area contributed by atoms with Crippen molar-refractivity contribution in [3.63, 3.8) is 0 Å². The lowest BCUT2D eigenvalue weighted by Crippen LogP contribution is -2.28. The van der Waals surface area contributed by atoms with Gasteiger partial charge in [0.25, 0.3) is 0 Å². The van der Waals surface area contributed by atoms with Crippen LogP contribution in [0.4, 0.5) is 4.39 Å². The van der Waals surface area contributed by atoms with Crippen molar-refractivity contribution < 1.29 is 19.1 Å². The minimum atomic E-state index is -1.27. The molecule has 0 spiro atoms. The predicted molar refractivity (Wildman–Crippen MR) is 61.0 cm³/mol. The zero-order valence-electron chi connectivity index (χ0n) is 10.1.